The van der Waals surface area contributed by atoms with E-state index >= 15 is 0 Å². The zero-order valence-electron chi connectivity index (χ0n) is 21.1. The van der Waals surface area contributed by atoms with Crippen molar-refractivity contribution in [3.63, 3.8) is 0 Å². The largest absolute Gasteiger partial charge is 0.481 e. The number of hydrogen-bond acceptors (Lipinski definition) is 4. The van der Waals surface area contributed by atoms with Crippen molar-refractivity contribution in [1.29, 1.82) is 0 Å². The van der Waals surface area contributed by atoms with Gasteiger partial charge in [0.25, 0.3) is 0 Å². The molecule has 1 amide bonds. The van der Waals surface area contributed by atoms with Crippen LogP contribution in [-0.4, -0.2) is 29.0 Å². The molecule has 2 N–H and O–H groups in total. The summed E-state index contributed by atoms with van der Waals surface area (Å²) in [6.45, 7) is 2.34. The van der Waals surface area contributed by atoms with Gasteiger partial charge in [-0.05, 0) is 18.4 Å². The molecule has 0 aromatic heterocycles. The van der Waals surface area contributed by atoms with Crippen LogP contribution in [0.5, 0.6) is 0 Å². The van der Waals surface area contributed by atoms with Gasteiger partial charge in [0, 0.05) is 12.8 Å². The molecule has 0 heterocycles. The standard InChI is InChI=1S/C28H45NO5/c1-2-3-4-5-6-7-8-9-10-11-12-13-17-20-26(30)29-25(21-22-27(31)32)28(33)34-23-24-18-15-14-16-19-24/h14-16,18-19,25H,2-13,17,20-23H2,1H3,(H,29,30)(H,31,32)/t25-/m0/s1. The van der Waals surface area contributed by atoms with Crippen molar-refractivity contribution in [3.05, 3.63) is 35.9 Å². The Bertz CT molecular complexity index is 677. The van der Waals surface area contributed by atoms with Gasteiger partial charge >= 0.3 is 11.9 Å². The van der Waals surface area contributed by atoms with Crippen LogP contribution in [0.15, 0.2) is 30.3 Å². The number of carboxylic acid groups (broad SMARTS) is 1. The van der Waals surface area contributed by atoms with Gasteiger partial charge in [0.2, 0.25) is 5.91 Å². The zero-order chi connectivity index (χ0) is 24.9. The lowest BCUT2D eigenvalue weighted by Crippen LogP contribution is -2.42. The summed E-state index contributed by atoms with van der Waals surface area (Å²) in [6, 6.07) is 8.32. The summed E-state index contributed by atoms with van der Waals surface area (Å²) in [6.07, 6.45) is 16.2. The molecule has 0 fully saturated rings. The molecule has 0 radical (unpaired) electrons. The normalized spacial score (nSPS) is 11.7. The summed E-state index contributed by atoms with van der Waals surface area (Å²) in [5.74, 6) is -1.83. The fourth-order valence-electron chi connectivity index (χ4n) is 3.92. The third kappa shape index (κ3) is 16.3. The first-order valence-electron chi connectivity index (χ1n) is 13.2. The minimum absolute atomic E-state index is 0.0211. The zero-order valence-corrected chi connectivity index (χ0v) is 21.1. The van der Waals surface area contributed by atoms with Crippen LogP contribution in [0.2, 0.25) is 0 Å². The predicted octanol–water partition coefficient (Wildman–Crippen LogP) is 6.56. The lowest BCUT2D eigenvalue weighted by Gasteiger charge is -2.17. The topological polar surface area (TPSA) is 92.7 Å². The third-order valence-corrected chi connectivity index (χ3v) is 6.00. The van der Waals surface area contributed by atoms with E-state index in [1.54, 1.807) is 0 Å². The second-order valence-corrected chi connectivity index (χ2v) is 9.14. The van der Waals surface area contributed by atoms with E-state index in [9.17, 15) is 14.4 Å². The highest BCUT2D eigenvalue weighted by Crippen LogP contribution is 2.13. The van der Waals surface area contributed by atoms with E-state index in [1.165, 1.54) is 64.2 Å². The molecule has 1 aromatic rings. The molecule has 34 heavy (non-hydrogen) atoms. The number of esters is 1. The van der Waals surface area contributed by atoms with Crippen molar-refractivity contribution in [2.75, 3.05) is 0 Å². The summed E-state index contributed by atoms with van der Waals surface area (Å²) >= 11 is 0. The summed E-state index contributed by atoms with van der Waals surface area (Å²) in [5, 5.41) is 11.6. The summed E-state index contributed by atoms with van der Waals surface area (Å²) in [5.41, 5.74) is 0.839. The Balaban J connectivity index is 2.16. The van der Waals surface area contributed by atoms with E-state index < -0.39 is 18.0 Å². The summed E-state index contributed by atoms with van der Waals surface area (Å²) in [7, 11) is 0. The van der Waals surface area contributed by atoms with Crippen molar-refractivity contribution >= 4 is 17.8 Å². The van der Waals surface area contributed by atoms with Crippen molar-refractivity contribution < 1.29 is 24.2 Å². The minimum Gasteiger partial charge on any atom is -0.481 e. The maximum absolute atomic E-state index is 12.4. The van der Waals surface area contributed by atoms with Crippen LogP contribution in [0.25, 0.3) is 0 Å². The van der Waals surface area contributed by atoms with Gasteiger partial charge in [-0.1, -0.05) is 114 Å². The van der Waals surface area contributed by atoms with Crippen LogP contribution in [0, 0.1) is 0 Å². The molecule has 0 unspecified atom stereocenters. The lowest BCUT2D eigenvalue weighted by molar-refractivity contribution is -0.149. The molecule has 0 aliphatic heterocycles. The van der Waals surface area contributed by atoms with Gasteiger partial charge in [-0.3, -0.25) is 9.59 Å². The number of amides is 1. The van der Waals surface area contributed by atoms with Gasteiger partial charge in [-0.2, -0.15) is 0 Å². The van der Waals surface area contributed by atoms with Crippen molar-refractivity contribution in [3.8, 4) is 0 Å². The second kappa shape index (κ2) is 20.0. The first-order valence-corrected chi connectivity index (χ1v) is 13.2. The van der Waals surface area contributed by atoms with E-state index in [0.29, 0.717) is 6.42 Å². The van der Waals surface area contributed by atoms with Gasteiger partial charge in [0.1, 0.15) is 12.6 Å². The first-order chi connectivity index (χ1) is 16.5. The summed E-state index contributed by atoms with van der Waals surface area (Å²) in [4.78, 5) is 35.7. The quantitative estimate of drug-likeness (QED) is 0.155. The van der Waals surface area contributed by atoms with Crippen LogP contribution in [0.1, 0.15) is 115 Å². The Morgan fingerprint density at radius 2 is 1.32 bits per heavy atom. The molecular formula is C28H45NO5. The van der Waals surface area contributed by atoms with Crippen molar-refractivity contribution in [2.24, 2.45) is 0 Å². The maximum atomic E-state index is 12.4. The molecule has 6 nitrogen and oxygen atoms in total. The van der Waals surface area contributed by atoms with Crippen LogP contribution in [0.4, 0.5) is 0 Å². The maximum Gasteiger partial charge on any atom is 0.328 e. The molecule has 192 valence electrons. The van der Waals surface area contributed by atoms with Gasteiger partial charge in [-0.25, -0.2) is 4.79 Å². The molecule has 1 rings (SSSR count). The lowest BCUT2D eigenvalue weighted by atomic mass is 10.0. The molecule has 0 bridgehead atoms. The number of nitrogens with one attached hydrogen (secondary N) is 1. The van der Waals surface area contributed by atoms with E-state index in [1.807, 2.05) is 30.3 Å². The Hall–Kier alpha value is -2.37. The Labute approximate surface area is 205 Å². The van der Waals surface area contributed by atoms with Crippen LogP contribution >= 0.6 is 0 Å². The highest BCUT2D eigenvalue weighted by atomic mass is 16.5. The van der Waals surface area contributed by atoms with Crippen LogP contribution in [-0.2, 0) is 25.7 Å². The Morgan fingerprint density at radius 3 is 1.85 bits per heavy atom. The van der Waals surface area contributed by atoms with E-state index in [2.05, 4.69) is 12.2 Å². The monoisotopic (exact) mass is 475 g/mol. The molecule has 0 aliphatic rings. The van der Waals surface area contributed by atoms with Gasteiger partial charge in [0.05, 0.1) is 0 Å². The van der Waals surface area contributed by atoms with Gasteiger partial charge in [0.15, 0.2) is 0 Å². The first kappa shape index (κ1) is 29.7. The second-order valence-electron chi connectivity index (χ2n) is 9.14. The number of carbonyl (C=O) groups is 3. The molecular weight excluding hydrogens is 430 g/mol. The fraction of sp³-hybridized carbons (Fsp3) is 0.679. The Morgan fingerprint density at radius 1 is 0.794 bits per heavy atom. The SMILES string of the molecule is CCCCCCCCCCCCCCCC(=O)N[C@@H](CCC(=O)O)C(=O)OCc1ccccc1. The molecule has 6 heteroatoms. The molecule has 0 saturated carbocycles. The number of carbonyl (C=O) groups excluding carboxylic acids is 2. The Kier molecular flexibility index (Phi) is 17.5. The average molecular weight is 476 g/mol. The minimum atomic E-state index is -1.01. The van der Waals surface area contributed by atoms with Gasteiger partial charge < -0.3 is 15.2 Å². The highest BCUT2D eigenvalue weighted by molar-refractivity contribution is 5.84. The molecule has 0 saturated heterocycles. The number of aliphatic carboxylic acids is 1. The van der Waals surface area contributed by atoms with E-state index in [-0.39, 0.29) is 25.4 Å². The number of ether oxygens (including phenoxy) is 1. The number of benzene rings is 1. The molecule has 0 spiro atoms. The average Bonchev–Trinajstić information content (AvgIpc) is 2.83. The fourth-order valence-corrected chi connectivity index (χ4v) is 3.92. The number of carboxylic acids is 1. The molecule has 0 aliphatic carbocycles. The summed E-state index contributed by atoms with van der Waals surface area (Å²) < 4.78 is 5.30. The molecule has 1 atom stereocenters. The van der Waals surface area contributed by atoms with Crippen molar-refractivity contribution in [1.82, 2.24) is 5.32 Å². The highest BCUT2D eigenvalue weighted by Gasteiger charge is 2.23. The predicted molar refractivity (Wildman–Crippen MR) is 135 cm³/mol. The molecule has 1 aromatic carbocycles. The number of rotatable bonds is 21. The number of unbranched alkanes of at least 4 members (excludes halogenated alkanes) is 12. The third-order valence-electron chi connectivity index (χ3n) is 6.00. The van der Waals surface area contributed by atoms with Gasteiger partial charge in [-0.15, -0.1) is 0 Å². The number of hydrogen-bond donors (Lipinski definition) is 2. The van der Waals surface area contributed by atoms with Crippen LogP contribution in [0.3, 0.4) is 0 Å². The van der Waals surface area contributed by atoms with E-state index in [4.69, 9.17) is 9.84 Å². The smallest absolute Gasteiger partial charge is 0.328 e. The van der Waals surface area contributed by atoms with Crippen molar-refractivity contribution in [2.45, 2.75) is 122 Å². The van der Waals surface area contributed by atoms with E-state index in [0.717, 1.165) is 24.8 Å². The van der Waals surface area contributed by atoms with Crippen LogP contribution < -0.4 is 5.32 Å².